The summed E-state index contributed by atoms with van der Waals surface area (Å²) in [5.74, 6) is 1.55. The molecule has 0 atom stereocenters. The number of rotatable bonds is 0. The molecule has 0 aliphatic heterocycles. The third-order valence-corrected chi connectivity index (χ3v) is 12.1. The van der Waals surface area contributed by atoms with Crippen molar-refractivity contribution >= 4 is 71.4 Å². The fourth-order valence-corrected chi connectivity index (χ4v) is 9.97. The molecule has 4 aromatic carbocycles. The first kappa shape index (κ1) is 23.9. The first-order valence-corrected chi connectivity index (χ1v) is 16.3. The lowest BCUT2D eigenvalue weighted by atomic mass is 9.82. The van der Waals surface area contributed by atoms with Crippen molar-refractivity contribution in [2.24, 2.45) is 11.8 Å². The van der Waals surface area contributed by atoms with Gasteiger partial charge in [-0.25, -0.2) is 4.79 Å². The number of hydrogen-bond acceptors (Lipinski definition) is 4. The second-order valence-electron chi connectivity index (χ2n) is 14.0. The van der Waals surface area contributed by atoms with Gasteiger partial charge in [0.2, 0.25) is 0 Å². The molecule has 214 valence electrons. The van der Waals surface area contributed by atoms with Crippen LogP contribution in [0.2, 0.25) is 0 Å². The van der Waals surface area contributed by atoms with Crippen molar-refractivity contribution < 1.29 is 14.0 Å². The molecule has 3 heterocycles. The molecule has 0 unspecified atom stereocenters. The molecular formula is C39H29NO4. The van der Waals surface area contributed by atoms with Gasteiger partial charge in [0.15, 0.2) is 11.6 Å². The number of fused-ring (bicyclic) bond motifs is 14. The summed E-state index contributed by atoms with van der Waals surface area (Å²) in [6, 6.07) is 18.7. The fraction of sp³-hybridized carbons (Fsp3) is 0.308. The van der Waals surface area contributed by atoms with Crippen LogP contribution in [0.25, 0.3) is 59.8 Å². The van der Waals surface area contributed by atoms with Crippen LogP contribution >= 0.6 is 0 Å². The number of benzene rings is 4. The van der Waals surface area contributed by atoms with E-state index in [1.54, 1.807) is 0 Å². The summed E-state index contributed by atoms with van der Waals surface area (Å²) >= 11 is 0. The van der Waals surface area contributed by atoms with E-state index < -0.39 is 0 Å². The molecule has 6 aliphatic carbocycles. The van der Waals surface area contributed by atoms with Gasteiger partial charge in [0.25, 0.3) is 0 Å². The van der Waals surface area contributed by atoms with Crippen LogP contribution in [0.4, 0.5) is 0 Å². The maximum atomic E-state index is 13.9. The normalized spacial score (nSPS) is 24.7. The zero-order valence-electron chi connectivity index (χ0n) is 24.2. The number of carbonyl (C=O) groups excluding carboxylic acids is 2. The number of para-hydroxylation sites is 1. The predicted octanol–water partition coefficient (Wildman–Crippen LogP) is 9.04. The smallest absolute Gasteiger partial charge is 0.344 e. The number of hydrogen-bond donors (Lipinski definition) is 0. The fourth-order valence-electron chi connectivity index (χ4n) is 9.97. The monoisotopic (exact) mass is 575 g/mol. The van der Waals surface area contributed by atoms with Gasteiger partial charge in [0.05, 0.1) is 21.9 Å². The highest BCUT2D eigenvalue weighted by atomic mass is 16.4. The highest BCUT2D eigenvalue weighted by Gasteiger charge is 2.38. The Balaban J connectivity index is 1.40. The van der Waals surface area contributed by atoms with Gasteiger partial charge in [-0.15, -0.1) is 0 Å². The van der Waals surface area contributed by atoms with E-state index in [1.165, 1.54) is 11.1 Å². The Kier molecular flexibility index (Phi) is 4.32. The van der Waals surface area contributed by atoms with E-state index in [0.717, 1.165) is 111 Å². The summed E-state index contributed by atoms with van der Waals surface area (Å²) < 4.78 is 8.19. The van der Waals surface area contributed by atoms with E-state index in [4.69, 9.17) is 4.42 Å². The lowest BCUT2D eigenvalue weighted by Gasteiger charge is -2.22. The Bertz CT molecular complexity index is 2530. The Labute approximate surface area is 251 Å². The van der Waals surface area contributed by atoms with Crippen molar-refractivity contribution in [3.63, 3.8) is 0 Å². The van der Waals surface area contributed by atoms with Crippen LogP contribution in [0.5, 0.6) is 0 Å². The number of nitrogens with zero attached hydrogens (tertiary/aromatic N) is 1. The molecule has 2 saturated carbocycles. The summed E-state index contributed by atoms with van der Waals surface area (Å²) in [6.45, 7) is 0. The number of Topliss-reactive ketones (excluding diaryl/α,β-unsaturated/α-hetero) is 2. The van der Waals surface area contributed by atoms with Crippen LogP contribution in [-0.4, -0.2) is 16.0 Å². The Morgan fingerprint density at radius 3 is 1.77 bits per heavy atom. The molecule has 2 fully saturated rings. The Hall–Kier alpha value is -4.51. The quantitative estimate of drug-likeness (QED) is 0.134. The van der Waals surface area contributed by atoms with Crippen LogP contribution in [0.1, 0.15) is 95.0 Å². The van der Waals surface area contributed by atoms with Crippen molar-refractivity contribution in [1.82, 2.24) is 4.40 Å². The minimum absolute atomic E-state index is 0.106. The van der Waals surface area contributed by atoms with Crippen molar-refractivity contribution in [3.05, 3.63) is 87.3 Å². The van der Waals surface area contributed by atoms with Crippen LogP contribution in [0.15, 0.2) is 63.8 Å². The van der Waals surface area contributed by atoms with Crippen LogP contribution in [0.3, 0.4) is 0 Å². The van der Waals surface area contributed by atoms with Crippen LogP contribution in [0, 0.1) is 11.8 Å². The van der Waals surface area contributed by atoms with Gasteiger partial charge < -0.3 is 8.82 Å². The van der Waals surface area contributed by atoms with E-state index in [2.05, 4.69) is 28.7 Å². The Morgan fingerprint density at radius 2 is 1.11 bits per heavy atom. The summed E-state index contributed by atoms with van der Waals surface area (Å²) in [4.78, 5) is 41.4. The molecule has 13 rings (SSSR count). The Morgan fingerprint density at radius 1 is 0.545 bits per heavy atom. The first-order chi connectivity index (χ1) is 21.5. The summed E-state index contributed by atoms with van der Waals surface area (Å²) in [5.41, 5.74) is 7.36. The van der Waals surface area contributed by atoms with Gasteiger partial charge in [-0.1, -0.05) is 18.2 Å². The van der Waals surface area contributed by atoms with Crippen LogP contribution in [-0.2, 0) is 0 Å². The van der Waals surface area contributed by atoms with E-state index >= 15 is 0 Å². The van der Waals surface area contributed by atoms with E-state index in [9.17, 15) is 14.4 Å². The molecule has 5 nitrogen and oxygen atoms in total. The lowest BCUT2D eigenvalue weighted by Crippen LogP contribution is -2.15. The van der Waals surface area contributed by atoms with Gasteiger partial charge in [-0.3, -0.25) is 9.59 Å². The molecule has 0 N–H and O–H groups in total. The van der Waals surface area contributed by atoms with Crippen molar-refractivity contribution in [3.8, 4) is 0 Å². The average Bonchev–Trinajstić information content (AvgIpc) is 3.38. The van der Waals surface area contributed by atoms with Crippen molar-refractivity contribution in [2.45, 2.75) is 63.2 Å². The molecule has 0 saturated heterocycles. The molecule has 5 heteroatoms. The highest BCUT2D eigenvalue weighted by molar-refractivity contribution is 6.35. The molecule has 0 radical (unpaired) electrons. The molecule has 4 bridgehead atoms. The average molecular weight is 576 g/mol. The largest absolute Gasteiger partial charge is 0.422 e. The van der Waals surface area contributed by atoms with Gasteiger partial charge in [0.1, 0.15) is 5.58 Å². The summed E-state index contributed by atoms with van der Waals surface area (Å²) in [6.07, 6.45) is 8.05. The van der Waals surface area contributed by atoms with Gasteiger partial charge in [-0.2, -0.15) is 0 Å². The zero-order chi connectivity index (χ0) is 29.0. The molecule has 44 heavy (non-hydrogen) atoms. The zero-order valence-corrected chi connectivity index (χ0v) is 24.2. The SMILES string of the molecule is O=C1c2cc3c(cc2C2CCC1CC2)c1cc2c(=O)oc4ccccc4c2c2c4cc5c(cc4n3c12)C(=O)C1CCC5CC1. The maximum absolute atomic E-state index is 13.9. The number of ketones is 2. The molecule has 0 amide bonds. The van der Waals surface area contributed by atoms with Gasteiger partial charge in [-0.05, 0) is 111 Å². The van der Waals surface area contributed by atoms with Crippen molar-refractivity contribution in [2.75, 3.05) is 0 Å². The van der Waals surface area contributed by atoms with E-state index in [-0.39, 0.29) is 29.0 Å². The number of aromatic nitrogens is 1. The van der Waals surface area contributed by atoms with Crippen molar-refractivity contribution in [1.29, 1.82) is 0 Å². The molecule has 0 spiro atoms. The lowest BCUT2D eigenvalue weighted by molar-refractivity contribution is 0.0891. The minimum atomic E-state index is -0.335. The first-order valence-electron chi connectivity index (χ1n) is 16.3. The van der Waals surface area contributed by atoms with Crippen LogP contribution < -0.4 is 5.63 Å². The van der Waals surface area contributed by atoms with E-state index in [1.807, 2.05) is 30.3 Å². The molecule has 7 aromatic rings. The number of carbonyl (C=O) groups is 2. The third-order valence-electron chi connectivity index (χ3n) is 12.1. The standard InChI is InChI=1S/C39H29NO4/c41-37-20-9-5-18(6-10-20)23-13-25-26-15-30-34(22-3-1-2-4-33(22)44-39(30)43)35-29-14-24-19-7-11-21(12-8-19)38(42)28(24)17-32(29)40(36(26)35)31(25)16-27(23)37/h1-4,13-21H,5-12H2. The molecule has 6 aliphatic rings. The third kappa shape index (κ3) is 2.76. The second-order valence-corrected chi connectivity index (χ2v) is 14.0. The van der Waals surface area contributed by atoms with Gasteiger partial charge in [0, 0.05) is 55.3 Å². The summed E-state index contributed by atoms with van der Waals surface area (Å²) in [5, 5.41) is 6.61. The van der Waals surface area contributed by atoms with E-state index in [0.29, 0.717) is 22.8 Å². The van der Waals surface area contributed by atoms with Gasteiger partial charge >= 0.3 is 5.63 Å². The molecular weight excluding hydrogens is 546 g/mol. The summed E-state index contributed by atoms with van der Waals surface area (Å²) in [7, 11) is 0. The maximum Gasteiger partial charge on any atom is 0.344 e. The second kappa shape index (κ2) is 7.95. The topological polar surface area (TPSA) is 68.8 Å². The highest BCUT2D eigenvalue weighted by Crippen LogP contribution is 2.51. The minimum Gasteiger partial charge on any atom is -0.422 e. The predicted molar refractivity (Wildman–Crippen MR) is 173 cm³/mol. The molecule has 3 aromatic heterocycles.